The fraction of sp³-hybridized carbons (Fsp3) is 0.538. The number of pyridine rings is 1. The fourth-order valence-electron chi connectivity index (χ4n) is 1.68. The lowest BCUT2D eigenvalue weighted by molar-refractivity contribution is 0.0948. The van der Waals surface area contributed by atoms with E-state index < -0.39 is 0 Å². The summed E-state index contributed by atoms with van der Waals surface area (Å²) in [6, 6.07) is 5.84. The van der Waals surface area contributed by atoms with Crippen molar-refractivity contribution in [1.29, 1.82) is 0 Å². The van der Waals surface area contributed by atoms with E-state index in [1.54, 1.807) is 6.07 Å². The van der Waals surface area contributed by atoms with Crippen LogP contribution < -0.4 is 11.3 Å². The van der Waals surface area contributed by atoms with Gasteiger partial charge in [-0.05, 0) is 32.0 Å². The predicted molar refractivity (Wildman–Crippen MR) is 71.7 cm³/mol. The van der Waals surface area contributed by atoms with Crippen LogP contribution >= 0.6 is 0 Å². The number of nitrogens with zero attached hydrogens (tertiary/aromatic N) is 2. The van der Waals surface area contributed by atoms with Gasteiger partial charge in [0, 0.05) is 12.6 Å². The average molecular weight is 250 g/mol. The molecule has 1 atom stereocenters. The fourth-order valence-corrected chi connectivity index (χ4v) is 1.68. The molecule has 1 amide bonds. The number of aromatic nitrogens is 1. The van der Waals surface area contributed by atoms with Crippen molar-refractivity contribution in [1.82, 2.24) is 15.3 Å². The van der Waals surface area contributed by atoms with E-state index in [2.05, 4.69) is 43.1 Å². The molecule has 5 nitrogen and oxygen atoms in total. The minimum atomic E-state index is -0.364. The van der Waals surface area contributed by atoms with Crippen LogP contribution in [0.3, 0.4) is 0 Å². The Hall–Kier alpha value is -1.46. The summed E-state index contributed by atoms with van der Waals surface area (Å²) in [4.78, 5) is 17.9. The van der Waals surface area contributed by atoms with Crippen LogP contribution in [0.5, 0.6) is 0 Å². The molecule has 5 heteroatoms. The van der Waals surface area contributed by atoms with Crippen LogP contribution in [0.4, 0.5) is 0 Å². The number of carbonyl (C=O) groups excluding carboxylic acids is 1. The van der Waals surface area contributed by atoms with Crippen molar-refractivity contribution in [3.05, 3.63) is 29.6 Å². The molecule has 1 aromatic rings. The zero-order valence-corrected chi connectivity index (χ0v) is 11.5. The van der Waals surface area contributed by atoms with Gasteiger partial charge in [0.25, 0.3) is 5.91 Å². The highest BCUT2D eigenvalue weighted by Crippen LogP contribution is 2.11. The molecule has 1 unspecified atom stereocenters. The maximum Gasteiger partial charge on any atom is 0.283 e. The molecule has 1 aromatic heterocycles. The molecule has 0 fully saturated rings. The zero-order valence-electron chi connectivity index (χ0n) is 11.5. The number of nitrogens with two attached hydrogens (primary N) is 1. The molecular formula is C13H22N4O. The molecule has 0 aromatic carbocycles. The minimum Gasteiger partial charge on any atom is -0.298 e. The number of carbonyl (C=O) groups is 1. The van der Waals surface area contributed by atoms with Gasteiger partial charge in [-0.2, -0.15) is 0 Å². The smallest absolute Gasteiger partial charge is 0.283 e. The highest BCUT2D eigenvalue weighted by atomic mass is 16.2. The largest absolute Gasteiger partial charge is 0.298 e. The predicted octanol–water partition coefficient (Wildman–Crippen LogP) is 1.16. The van der Waals surface area contributed by atoms with Crippen LogP contribution in [-0.2, 0) is 6.54 Å². The van der Waals surface area contributed by atoms with E-state index in [9.17, 15) is 4.79 Å². The summed E-state index contributed by atoms with van der Waals surface area (Å²) < 4.78 is 0. The van der Waals surface area contributed by atoms with Crippen LogP contribution in [0.2, 0.25) is 0 Å². The number of rotatable bonds is 5. The van der Waals surface area contributed by atoms with Gasteiger partial charge < -0.3 is 0 Å². The van der Waals surface area contributed by atoms with E-state index in [4.69, 9.17) is 5.84 Å². The molecule has 0 spiro atoms. The molecule has 0 saturated carbocycles. The minimum absolute atomic E-state index is 0.348. The van der Waals surface area contributed by atoms with Gasteiger partial charge in [0.2, 0.25) is 0 Å². The second kappa shape index (κ2) is 6.47. The summed E-state index contributed by atoms with van der Waals surface area (Å²) in [5, 5.41) is 0. The average Bonchev–Trinajstić information content (AvgIpc) is 2.36. The van der Waals surface area contributed by atoms with Gasteiger partial charge in [0.1, 0.15) is 5.69 Å². The van der Waals surface area contributed by atoms with Gasteiger partial charge in [-0.15, -0.1) is 0 Å². The Bertz CT molecular complexity index is 406. The molecule has 1 heterocycles. The summed E-state index contributed by atoms with van der Waals surface area (Å²) >= 11 is 0. The van der Waals surface area contributed by atoms with E-state index in [-0.39, 0.29) is 5.91 Å². The quantitative estimate of drug-likeness (QED) is 0.467. The molecule has 0 radical (unpaired) electrons. The Kier molecular flexibility index (Phi) is 5.25. The number of nitrogens with one attached hydrogen (secondary N) is 1. The number of hydrazine groups is 1. The highest BCUT2D eigenvalue weighted by Gasteiger charge is 2.14. The Morgan fingerprint density at radius 3 is 2.67 bits per heavy atom. The molecular weight excluding hydrogens is 228 g/mol. The molecule has 0 aliphatic heterocycles. The molecule has 1 rings (SSSR count). The van der Waals surface area contributed by atoms with Crippen LogP contribution in [0.25, 0.3) is 0 Å². The van der Waals surface area contributed by atoms with Crippen LogP contribution in [0.1, 0.15) is 37.0 Å². The first-order chi connectivity index (χ1) is 8.45. The third-order valence-electron chi connectivity index (χ3n) is 3.24. The van der Waals surface area contributed by atoms with Crippen LogP contribution in [0, 0.1) is 5.92 Å². The normalized spacial score (nSPS) is 12.8. The number of nitrogen functional groups attached to an aromatic ring is 1. The molecule has 0 bridgehead atoms. The molecule has 0 saturated heterocycles. The maximum atomic E-state index is 11.4. The first-order valence-corrected chi connectivity index (χ1v) is 6.12. The SMILES string of the molecule is CC(C)C(C)N(C)Cc1cccc(C(=O)NN)n1. The van der Waals surface area contributed by atoms with Crippen molar-refractivity contribution in [2.45, 2.75) is 33.4 Å². The molecule has 0 aliphatic carbocycles. The Labute approximate surface area is 108 Å². The van der Waals surface area contributed by atoms with Gasteiger partial charge in [-0.3, -0.25) is 15.1 Å². The van der Waals surface area contributed by atoms with Gasteiger partial charge in [0.15, 0.2) is 0 Å². The standard InChI is InChI=1S/C13H22N4O/c1-9(2)10(3)17(4)8-11-6-5-7-12(15-11)13(18)16-14/h5-7,9-10H,8,14H2,1-4H3,(H,16,18). The second-order valence-corrected chi connectivity index (χ2v) is 4.89. The van der Waals surface area contributed by atoms with Crippen molar-refractivity contribution < 1.29 is 4.79 Å². The number of hydrogen-bond donors (Lipinski definition) is 2. The van der Waals surface area contributed by atoms with Crippen molar-refractivity contribution >= 4 is 5.91 Å². The van der Waals surface area contributed by atoms with Gasteiger partial charge in [0.05, 0.1) is 5.69 Å². The highest BCUT2D eigenvalue weighted by molar-refractivity contribution is 5.91. The number of amides is 1. The van der Waals surface area contributed by atoms with Gasteiger partial charge in [-0.25, -0.2) is 10.8 Å². The second-order valence-electron chi connectivity index (χ2n) is 4.89. The van der Waals surface area contributed by atoms with E-state index in [0.29, 0.717) is 24.2 Å². The first-order valence-electron chi connectivity index (χ1n) is 6.12. The lowest BCUT2D eigenvalue weighted by atomic mass is 10.1. The summed E-state index contributed by atoms with van der Waals surface area (Å²) in [7, 11) is 2.06. The third kappa shape index (κ3) is 3.78. The van der Waals surface area contributed by atoms with E-state index in [1.807, 2.05) is 12.1 Å². The topological polar surface area (TPSA) is 71.2 Å². The van der Waals surface area contributed by atoms with E-state index in [1.165, 1.54) is 0 Å². The lowest BCUT2D eigenvalue weighted by Gasteiger charge is -2.27. The first kappa shape index (κ1) is 14.6. The van der Waals surface area contributed by atoms with Crippen molar-refractivity contribution in [2.24, 2.45) is 11.8 Å². The Balaban J connectivity index is 2.76. The van der Waals surface area contributed by atoms with Crippen molar-refractivity contribution in [3.8, 4) is 0 Å². The van der Waals surface area contributed by atoms with Crippen LogP contribution in [-0.4, -0.2) is 28.9 Å². The third-order valence-corrected chi connectivity index (χ3v) is 3.24. The summed E-state index contributed by atoms with van der Waals surface area (Å²) in [5.41, 5.74) is 3.30. The zero-order chi connectivity index (χ0) is 13.7. The summed E-state index contributed by atoms with van der Waals surface area (Å²) in [5.74, 6) is 5.30. The molecule has 3 N–H and O–H groups in total. The maximum absolute atomic E-state index is 11.4. The summed E-state index contributed by atoms with van der Waals surface area (Å²) in [6.45, 7) is 7.27. The summed E-state index contributed by atoms with van der Waals surface area (Å²) in [6.07, 6.45) is 0. The van der Waals surface area contributed by atoms with E-state index in [0.717, 1.165) is 5.69 Å². The Morgan fingerprint density at radius 2 is 2.11 bits per heavy atom. The molecule has 100 valence electrons. The van der Waals surface area contributed by atoms with Crippen LogP contribution in [0.15, 0.2) is 18.2 Å². The molecule has 0 aliphatic rings. The van der Waals surface area contributed by atoms with Crippen molar-refractivity contribution in [2.75, 3.05) is 7.05 Å². The Morgan fingerprint density at radius 1 is 1.44 bits per heavy atom. The van der Waals surface area contributed by atoms with Gasteiger partial charge >= 0.3 is 0 Å². The number of hydrogen-bond acceptors (Lipinski definition) is 4. The lowest BCUT2D eigenvalue weighted by Crippen LogP contribution is -2.33. The van der Waals surface area contributed by atoms with E-state index >= 15 is 0 Å². The van der Waals surface area contributed by atoms with Crippen molar-refractivity contribution in [3.63, 3.8) is 0 Å². The van der Waals surface area contributed by atoms with Gasteiger partial charge in [-0.1, -0.05) is 19.9 Å². The molecule has 18 heavy (non-hydrogen) atoms. The monoisotopic (exact) mass is 250 g/mol.